The van der Waals surface area contributed by atoms with Gasteiger partial charge in [-0.15, -0.1) is 6.58 Å². The van der Waals surface area contributed by atoms with E-state index in [1.807, 2.05) is 6.08 Å². The quantitative estimate of drug-likeness (QED) is 0.238. The van der Waals surface area contributed by atoms with Crippen molar-refractivity contribution in [2.24, 2.45) is 11.8 Å². The number of esters is 1. The van der Waals surface area contributed by atoms with E-state index in [0.29, 0.717) is 37.6 Å². The smallest absolute Gasteiger partial charge is 0.305 e. The van der Waals surface area contributed by atoms with Gasteiger partial charge in [0.15, 0.2) is 0 Å². The number of carbonyl (C=O) groups excluding carboxylic acids is 1. The molecule has 1 saturated heterocycles. The monoisotopic (exact) mass is 354 g/mol. The fourth-order valence-electron chi connectivity index (χ4n) is 3.10. The van der Waals surface area contributed by atoms with Crippen LogP contribution in [0.3, 0.4) is 0 Å². The summed E-state index contributed by atoms with van der Waals surface area (Å²) in [6, 6.07) is 0. The fourth-order valence-corrected chi connectivity index (χ4v) is 3.10. The molecule has 0 saturated carbocycles. The van der Waals surface area contributed by atoms with Gasteiger partial charge >= 0.3 is 5.97 Å². The third-order valence-corrected chi connectivity index (χ3v) is 5.09. The first kappa shape index (κ1) is 22.2. The molecule has 0 spiro atoms. The Morgan fingerprint density at radius 2 is 1.84 bits per heavy atom. The van der Waals surface area contributed by atoms with E-state index in [0.717, 1.165) is 45.3 Å². The Kier molecular flexibility index (Phi) is 12.7. The fraction of sp³-hybridized carbons (Fsp3) is 0.857. The molecule has 3 atom stereocenters. The van der Waals surface area contributed by atoms with Crippen LogP contribution in [0.4, 0.5) is 0 Å². The molecule has 1 fully saturated rings. The third-order valence-electron chi connectivity index (χ3n) is 5.09. The van der Waals surface area contributed by atoms with Crippen molar-refractivity contribution in [1.29, 1.82) is 0 Å². The van der Waals surface area contributed by atoms with Crippen LogP contribution in [0.15, 0.2) is 12.7 Å². The van der Waals surface area contributed by atoms with Crippen LogP contribution in [-0.4, -0.2) is 38.5 Å². The molecule has 0 bridgehead atoms. The van der Waals surface area contributed by atoms with Crippen LogP contribution >= 0.6 is 0 Å². The first-order chi connectivity index (χ1) is 12.1. The molecule has 1 heterocycles. The molecule has 1 rings (SSSR count). The highest BCUT2D eigenvalue weighted by molar-refractivity contribution is 5.69. The molecule has 4 nitrogen and oxygen atoms in total. The van der Waals surface area contributed by atoms with Gasteiger partial charge in [-0.3, -0.25) is 4.79 Å². The zero-order chi connectivity index (χ0) is 18.3. The highest BCUT2D eigenvalue weighted by atomic mass is 16.5. The summed E-state index contributed by atoms with van der Waals surface area (Å²) in [5.74, 6) is 1.19. The highest BCUT2D eigenvalue weighted by Crippen LogP contribution is 2.28. The maximum Gasteiger partial charge on any atom is 0.305 e. The number of hydrogen-bond donors (Lipinski definition) is 0. The number of carbonyl (C=O) groups is 1. The number of allylic oxidation sites excluding steroid dienone is 1. The van der Waals surface area contributed by atoms with Gasteiger partial charge in [0.25, 0.3) is 0 Å². The molecule has 2 unspecified atom stereocenters. The molecular weight excluding hydrogens is 316 g/mol. The van der Waals surface area contributed by atoms with Crippen molar-refractivity contribution in [3.63, 3.8) is 0 Å². The van der Waals surface area contributed by atoms with Crippen LogP contribution in [0.1, 0.15) is 71.6 Å². The SMILES string of the molecule is C=CCCCCCCCC(=O)OCCCOCCC1OCC(C)[C@@H]1C. The average Bonchev–Trinajstić information content (AvgIpc) is 2.92. The highest BCUT2D eigenvalue weighted by Gasteiger charge is 2.30. The van der Waals surface area contributed by atoms with E-state index in [9.17, 15) is 4.79 Å². The van der Waals surface area contributed by atoms with Gasteiger partial charge in [-0.05, 0) is 37.5 Å². The molecule has 25 heavy (non-hydrogen) atoms. The Bertz CT molecular complexity index is 356. The van der Waals surface area contributed by atoms with Gasteiger partial charge in [-0.1, -0.05) is 39.2 Å². The number of rotatable bonds is 15. The zero-order valence-corrected chi connectivity index (χ0v) is 16.3. The van der Waals surface area contributed by atoms with Crippen molar-refractivity contribution in [1.82, 2.24) is 0 Å². The summed E-state index contributed by atoms with van der Waals surface area (Å²) in [6.45, 7) is 10.9. The molecule has 0 aromatic heterocycles. The summed E-state index contributed by atoms with van der Waals surface area (Å²) in [4.78, 5) is 11.6. The lowest BCUT2D eigenvalue weighted by molar-refractivity contribution is -0.144. The number of ether oxygens (including phenoxy) is 3. The normalized spacial score (nSPS) is 22.9. The summed E-state index contributed by atoms with van der Waals surface area (Å²) in [5, 5.41) is 0. The van der Waals surface area contributed by atoms with E-state index in [2.05, 4.69) is 20.4 Å². The van der Waals surface area contributed by atoms with Crippen molar-refractivity contribution in [2.45, 2.75) is 77.7 Å². The molecule has 0 aromatic rings. The van der Waals surface area contributed by atoms with Crippen molar-refractivity contribution < 1.29 is 19.0 Å². The molecule has 146 valence electrons. The van der Waals surface area contributed by atoms with Crippen molar-refractivity contribution in [3.05, 3.63) is 12.7 Å². The third kappa shape index (κ3) is 10.7. The topological polar surface area (TPSA) is 44.8 Å². The van der Waals surface area contributed by atoms with Gasteiger partial charge in [0.05, 0.1) is 12.7 Å². The molecular formula is C21H38O4. The van der Waals surface area contributed by atoms with E-state index in [-0.39, 0.29) is 5.97 Å². The zero-order valence-electron chi connectivity index (χ0n) is 16.3. The summed E-state index contributed by atoms with van der Waals surface area (Å²) < 4.78 is 16.6. The van der Waals surface area contributed by atoms with E-state index < -0.39 is 0 Å². The minimum atomic E-state index is -0.0757. The van der Waals surface area contributed by atoms with Gasteiger partial charge in [-0.2, -0.15) is 0 Å². The first-order valence-corrected chi connectivity index (χ1v) is 10.1. The predicted octanol–water partition coefficient (Wildman–Crippen LogP) is 4.91. The van der Waals surface area contributed by atoms with Crippen molar-refractivity contribution in [2.75, 3.05) is 26.4 Å². The number of unbranched alkanes of at least 4 members (excludes halogenated alkanes) is 5. The molecule has 4 heteroatoms. The molecule has 1 aliphatic rings. The van der Waals surface area contributed by atoms with E-state index in [1.165, 1.54) is 19.3 Å². The Hall–Kier alpha value is -0.870. The largest absolute Gasteiger partial charge is 0.466 e. The Morgan fingerprint density at radius 3 is 2.56 bits per heavy atom. The molecule has 0 aromatic carbocycles. The van der Waals surface area contributed by atoms with Crippen LogP contribution in [0.2, 0.25) is 0 Å². The van der Waals surface area contributed by atoms with Gasteiger partial charge < -0.3 is 14.2 Å². The standard InChI is InChI=1S/C21H38O4/c1-4-5-6-7-8-9-10-12-21(22)24-15-11-14-23-16-13-20-19(3)18(2)17-25-20/h4,18-20H,1,5-17H2,2-3H3/t18?,19-,20?/m0/s1. The van der Waals surface area contributed by atoms with Crippen LogP contribution in [-0.2, 0) is 19.0 Å². The van der Waals surface area contributed by atoms with Crippen LogP contribution in [0, 0.1) is 11.8 Å². The summed E-state index contributed by atoms with van der Waals surface area (Å²) in [5.41, 5.74) is 0. The minimum absolute atomic E-state index is 0.0757. The minimum Gasteiger partial charge on any atom is -0.466 e. The Labute approximate surface area is 154 Å². The van der Waals surface area contributed by atoms with Gasteiger partial charge in [0.1, 0.15) is 0 Å². The Balaban J connectivity index is 1.83. The molecule has 0 aliphatic carbocycles. The maximum atomic E-state index is 11.6. The van der Waals surface area contributed by atoms with Gasteiger partial charge in [0.2, 0.25) is 0 Å². The van der Waals surface area contributed by atoms with Crippen LogP contribution < -0.4 is 0 Å². The second-order valence-electron chi connectivity index (χ2n) is 7.28. The predicted molar refractivity (Wildman–Crippen MR) is 102 cm³/mol. The van der Waals surface area contributed by atoms with Gasteiger partial charge in [-0.25, -0.2) is 0 Å². The second-order valence-corrected chi connectivity index (χ2v) is 7.28. The van der Waals surface area contributed by atoms with E-state index >= 15 is 0 Å². The maximum absolute atomic E-state index is 11.6. The summed E-state index contributed by atoms with van der Waals surface area (Å²) in [6.07, 6.45) is 11.3. The second kappa shape index (κ2) is 14.3. The number of hydrogen-bond acceptors (Lipinski definition) is 4. The summed E-state index contributed by atoms with van der Waals surface area (Å²) in [7, 11) is 0. The van der Waals surface area contributed by atoms with E-state index in [1.54, 1.807) is 0 Å². The lowest BCUT2D eigenvalue weighted by Gasteiger charge is -2.16. The van der Waals surface area contributed by atoms with E-state index in [4.69, 9.17) is 14.2 Å². The Morgan fingerprint density at radius 1 is 1.08 bits per heavy atom. The van der Waals surface area contributed by atoms with Gasteiger partial charge in [0, 0.05) is 32.7 Å². The summed E-state index contributed by atoms with van der Waals surface area (Å²) >= 11 is 0. The van der Waals surface area contributed by atoms with Crippen molar-refractivity contribution >= 4 is 5.97 Å². The van der Waals surface area contributed by atoms with Crippen LogP contribution in [0.5, 0.6) is 0 Å². The average molecular weight is 355 g/mol. The first-order valence-electron chi connectivity index (χ1n) is 10.1. The molecule has 0 N–H and O–H groups in total. The van der Waals surface area contributed by atoms with Crippen LogP contribution in [0.25, 0.3) is 0 Å². The molecule has 0 radical (unpaired) electrons. The lowest BCUT2D eigenvalue weighted by Crippen LogP contribution is -2.18. The van der Waals surface area contributed by atoms with Crippen molar-refractivity contribution in [3.8, 4) is 0 Å². The molecule has 0 amide bonds. The lowest BCUT2D eigenvalue weighted by atomic mass is 9.93. The molecule has 1 aliphatic heterocycles.